The van der Waals surface area contributed by atoms with Crippen LogP contribution in [0.1, 0.15) is 11.1 Å². The Morgan fingerprint density at radius 1 is 1.19 bits per heavy atom. The van der Waals surface area contributed by atoms with Gasteiger partial charge in [-0.1, -0.05) is 35.9 Å². The van der Waals surface area contributed by atoms with Crippen LogP contribution >= 0.6 is 11.6 Å². The zero-order valence-electron chi connectivity index (χ0n) is 13.8. The van der Waals surface area contributed by atoms with Gasteiger partial charge in [0.25, 0.3) is 0 Å². The van der Waals surface area contributed by atoms with Gasteiger partial charge < -0.3 is 4.74 Å². The first-order valence-electron chi connectivity index (χ1n) is 7.89. The van der Waals surface area contributed by atoms with E-state index in [9.17, 15) is 13.2 Å². The third kappa shape index (κ3) is 4.85. The summed E-state index contributed by atoms with van der Waals surface area (Å²) in [5.74, 6) is 0. The predicted octanol–water partition coefficient (Wildman–Crippen LogP) is 3.39. The summed E-state index contributed by atoms with van der Waals surface area (Å²) in [5.41, 5.74) is 2.15. The summed E-state index contributed by atoms with van der Waals surface area (Å²) in [6, 6.07) is 13.9. The quantitative estimate of drug-likeness (QED) is 0.817. The lowest BCUT2D eigenvalue weighted by Crippen LogP contribution is -2.24. The molecule has 2 aromatic carbocycles. The molecule has 0 radical (unpaired) electrons. The van der Waals surface area contributed by atoms with Gasteiger partial charge in [-0.2, -0.15) is 0 Å². The SMILES string of the molecule is O=C1OCCN1c1cccc(CNS(=O)(=O)/C=C/c2ccc(Cl)cc2)c1. The van der Waals surface area contributed by atoms with Crippen LogP contribution in [0.5, 0.6) is 0 Å². The van der Waals surface area contributed by atoms with E-state index < -0.39 is 16.1 Å². The van der Waals surface area contributed by atoms with Crippen molar-refractivity contribution in [1.82, 2.24) is 4.72 Å². The minimum Gasteiger partial charge on any atom is -0.447 e. The molecule has 0 atom stereocenters. The summed E-state index contributed by atoms with van der Waals surface area (Å²) in [6.45, 7) is 0.951. The number of cyclic esters (lactones) is 1. The van der Waals surface area contributed by atoms with E-state index in [0.29, 0.717) is 23.9 Å². The van der Waals surface area contributed by atoms with Crippen LogP contribution in [0.25, 0.3) is 6.08 Å². The Kier molecular flexibility index (Phi) is 5.61. The zero-order chi connectivity index (χ0) is 18.6. The Bertz CT molecular complexity index is 926. The summed E-state index contributed by atoms with van der Waals surface area (Å²) in [7, 11) is -3.60. The average Bonchev–Trinajstić information content (AvgIpc) is 3.06. The molecule has 1 amide bonds. The summed E-state index contributed by atoms with van der Waals surface area (Å²) >= 11 is 5.80. The van der Waals surface area contributed by atoms with E-state index in [4.69, 9.17) is 16.3 Å². The number of sulfonamides is 1. The van der Waals surface area contributed by atoms with E-state index in [1.807, 2.05) is 0 Å². The standard InChI is InChI=1S/C18H17ClN2O4S/c19-16-6-4-14(5-7-16)8-11-26(23,24)20-13-15-2-1-3-17(12-15)21-9-10-25-18(21)22/h1-8,11-12,20H,9-10,13H2/b11-8+. The molecule has 0 spiro atoms. The Balaban J connectivity index is 1.64. The van der Waals surface area contributed by atoms with E-state index in [0.717, 1.165) is 16.5 Å². The molecule has 26 heavy (non-hydrogen) atoms. The zero-order valence-corrected chi connectivity index (χ0v) is 15.3. The lowest BCUT2D eigenvalue weighted by Gasteiger charge is -2.13. The van der Waals surface area contributed by atoms with Crippen molar-refractivity contribution in [2.75, 3.05) is 18.1 Å². The van der Waals surface area contributed by atoms with Gasteiger partial charge in [0, 0.05) is 22.7 Å². The van der Waals surface area contributed by atoms with Crippen LogP contribution in [0.2, 0.25) is 5.02 Å². The largest absolute Gasteiger partial charge is 0.447 e. The molecule has 0 bridgehead atoms. The summed E-state index contributed by atoms with van der Waals surface area (Å²) < 4.78 is 31.7. The van der Waals surface area contributed by atoms with Crippen molar-refractivity contribution >= 4 is 39.5 Å². The number of benzene rings is 2. The van der Waals surface area contributed by atoms with Crippen LogP contribution in [0.3, 0.4) is 0 Å². The second-order valence-electron chi connectivity index (χ2n) is 5.66. The van der Waals surface area contributed by atoms with Crippen molar-refractivity contribution in [3.63, 3.8) is 0 Å². The van der Waals surface area contributed by atoms with E-state index >= 15 is 0 Å². The van der Waals surface area contributed by atoms with Crippen LogP contribution in [0, 0.1) is 0 Å². The third-order valence-electron chi connectivity index (χ3n) is 3.77. The molecule has 8 heteroatoms. The fourth-order valence-corrected chi connectivity index (χ4v) is 3.36. The highest BCUT2D eigenvalue weighted by molar-refractivity contribution is 7.92. The van der Waals surface area contributed by atoms with Crippen LogP contribution in [-0.2, 0) is 21.3 Å². The second kappa shape index (κ2) is 7.90. The molecule has 0 unspecified atom stereocenters. The maximum absolute atomic E-state index is 12.1. The third-order valence-corrected chi connectivity index (χ3v) is 5.06. The van der Waals surface area contributed by atoms with Crippen molar-refractivity contribution in [3.05, 3.63) is 70.1 Å². The first kappa shape index (κ1) is 18.4. The number of nitrogens with one attached hydrogen (secondary N) is 1. The lowest BCUT2D eigenvalue weighted by molar-refractivity contribution is 0.181. The molecule has 6 nitrogen and oxygen atoms in total. The number of rotatable bonds is 6. The molecule has 1 aliphatic rings. The van der Waals surface area contributed by atoms with Gasteiger partial charge >= 0.3 is 6.09 Å². The molecule has 1 aliphatic heterocycles. The smallest absolute Gasteiger partial charge is 0.414 e. The molecule has 2 aromatic rings. The molecule has 3 rings (SSSR count). The summed E-state index contributed by atoms with van der Waals surface area (Å²) in [4.78, 5) is 13.1. The molecule has 1 N–H and O–H groups in total. The van der Waals surface area contributed by atoms with Gasteiger partial charge in [-0.05, 0) is 41.5 Å². The van der Waals surface area contributed by atoms with Gasteiger partial charge in [0.2, 0.25) is 10.0 Å². The highest BCUT2D eigenvalue weighted by atomic mass is 35.5. The molecule has 1 heterocycles. The number of carbonyl (C=O) groups excluding carboxylic acids is 1. The Labute approximate surface area is 157 Å². The first-order chi connectivity index (χ1) is 12.4. The van der Waals surface area contributed by atoms with Gasteiger partial charge in [-0.25, -0.2) is 17.9 Å². The van der Waals surface area contributed by atoms with Crippen molar-refractivity contribution in [2.45, 2.75) is 6.54 Å². The number of hydrogen-bond donors (Lipinski definition) is 1. The topological polar surface area (TPSA) is 75.7 Å². The Morgan fingerprint density at radius 3 is 2.65 bits per heavy atom. The minimum absolute atomic E-state index is 0.115. The highest BCUT2D eigenvalue weighted by Crippen LogP contribution is 2.20. The maximum atomic E-state index is 12.1. The van der Waals surface area contributed by atoms with Crippen LogP contribution in [0.15, 0.2) is 53.9 Å². The highest BCUT2D eigenvalue weighted by Gasteiger charge is 2.23. The van der Waals surface area contributed by atoms with Crippen LogP contribution in [-0.4, -0.2) is 27.7 Å². The monoisotopic (exact) mass is 392 g/mol. The molecule has 0 saturated carbocycles. The minimum atomic E-state index is -3.60. The predicted molar refractivity (Wildman–Crippen MR) is 101 cm³/mol. The number of carbonyl (C=O) groups is 1. The molecule has 136 valence electrons. The van der Waals surface area contributed by atoms with Crippen molar-refractivity contribution in [1.29, 1.82) is 0 Å². The number of halogens is 1. The van der Waals surface area contributed by atoms with Gasteiger partial charge in [-0.15, -0.1) is 0 Å². The molecule has 1 fully saturated rings. The molecule has 0 aliphatic carbocycles. The van der Waals surface area contributed by atoms with E-state index in [2.05, 4.69) is 4.72 Å². The van der Waals surface area contributed by atoms with Gasteiger partial charge in [-0.3, -0.25) is 4.90 Å². The van der Waals surface area contributed by atoms with E-state index in [1.54, 1.807) is 48.5 Å². The summed E-state index contributed by atoms with van der Waals surface area (Å²) in [5, 5.41) is 1.70. The van der Waals surface area contributed by atoms with Crippen LogP contribution < -0.4 is 9.62 Å². The normalized spacial score (nSPS) is 14.8. The fraction of sp³-hybridized carbons (Fsp3) is 0.167. The number of ether oxygens (including phenoxy) is 1. The van der Waals surface area contributed by atoms with E-state index in [-0.39, 0.29) is 6.54 Å². The summed E-state index contributed by atoms with van der Waals surface area (Å²) in [6.07, 6.45) is 1.10. The second-order valence-corrected chi connectivity index (χ2v) is 7.74. The fourth-order valence-electron chi connectivity index (χ4n) is 2.44. The number of nitrogens with zero attached hydrogens (tertiary/aromatic N) is 1. The van der Waals surface area contributed by atoms with Crippen molar-refractivity contribution in [2.24, 2.45) is 0 Å². The number of hydrogen-bond acceptors (Lipinski definition) is 4. The number of anilines is 1. The molecule has 1 saturated heterocycles. The lowest BCUT2D eigenvalue weighted by atomic mass is 10.2. The molecule has 0 aromatic heterocycles. The molecular formula is C18H17ClN2O4S. The Hall–Kier alpha value is -2.35. The van der Waals surface area contributed by atoms with Gasteiger partial charge in [0.05, 0.1) is 6.54 Å². The van der Waals surface area contributed by atoms with E-state index in [1.165, 1.54) is 11.0 Å². The van der Waals surface area contributed by atoms with Gasteiger partial charge in [0.1, 0.15) is 6.61 Å². The first-order valence-corrected chi connectivity index (χ1v) is 9.82. The Morgan fingerprint density at radius 2 is 1.96 bits per heavy atom. The van der Waals surface area contributed by atoms with Gasteiger partial charge in [0.15, 0.2) is 0 Å². The van der Waals surface area contributed by atoms with Crippen LogP contribution in [0.4, 0.5) is 10.5 Å². The molecular weight excluding hydrogens is 376 g/mol. The average molecular weight is 393 g/mol. The van der Waals surface area contributed by atoms with Crippen molar-refractivity contribution < 1.29 is 17.9 Å². The maximum Gasteiger partial charge on any atom is 0.414 e. The van der Waals surface area contributed by atoms with Crippen molar-refractivity contribution in [3.8, 4) is 0 Å². The number of amides is 1.